The lowest BCUT2D eigenvalue weighted by atomic mass is 9.98. The first-order chi connectivity index (χ1) is 19.5. The summed E-state index contributed by atoms with van der Waals surface area (Å²) in [6, 6.07) is 8.05. The number of nitrogens with zero attached hydrogens (tertiary/aromatic N) is 5. The van der Waals surface area contributed by atoms with E-state index in [0.717, 1.165) is 25.0 Å². The number of benzene rings is 2. The van der Waals surface area contributed by atoms with Crippen molar-refractivity contribution in [3.05, 3.63) is 70.6 Å². The Kier molecular flexibility index (Phi) is 8.08. The van der Waals surface area contributed by atoms with Gasteiger partial charge >= 0.3 is 6.09 Å². The molecule has 3 heterocycles. The molecule has 2 aromatic heterocycles. The average Bonchev–Trinajstić information content (AvgIpc) is 3.25. The lowest BCUT2D eigenvalue weighted by Gasteiger charge is -2.34. The number of nitrogens with one attached hydrogen (secondary N) is 1. The van der Waals surface area contributed by atoms with E-state index in [0.29, 0.717) is 42.2 Å². The molecule has 8 nitrogen and oxygen atoms in total. The van der Waals surface area contributed by atoms with Gasteiger partial charge < -0.3 is 19.5 Å². The van der Waals surface area contributed by atoms with Crippen molar-refractivity contribution in [1.82, 2.24) is 24.4 Å². The number of imidazole rings is 1. The normalized spacial score (nSPS) is 15.8. The first-order valence-corrected chi connectivity index (χ1v) is 13.7. The monoisotopic (exact) mass is 586 g/mol. The van der Waals surface area contributed by atoms with Crippen LogP contribution in [0, 0.1) is 23.4 Å². The molecule has 0 saturated carbocycles. The van der Waals surface area contributed by atoms with E-state index in [2.05, 4.69) is 20.3 Å². The highest BCUT2D eigenvalue weighted by Crippen LogP contribution is 2.34. The standard InChI is InChI=1S/C29H30ClF3N6O2/c1-29(2,3)41-28(40)38-11-5-6-18(15-38)16-39-25-23(36-26(39)24-19(30)7-4-8-21(24)32)14-35-27(37-25)34-13-17-9-10-20(31)22(33)12-17/h4,7-10,12,14,18H,5-6,11,13,15-16H2,1-3H3,(H,34,35,37)/t18-/m1/s1. The van der Waals surface area contributed by atoms with Crippen molar-refractivity contribution in [3.63, 3.8) is 0 Å². The zero-order valence-electron chi connectivity index (χ0n) is 22.9. The fourth-order valence-electron chi connectivity index (χ4n) is 4.87. The maximum Gasteiger partial charge on any atom is 0.410 e. The summed E-state index contributed by atoms with van der Waals surface area (Å²) in [5.41, 5.74) is 0.904. The van der Waals surface area contributed by atoms with Gasteiger partial charge in [-0.15, -0.1) is 0 Å². The van der Waals surface area contributed by atoms with Gasteiger partial charge in [-0.2, -0.15) is 4.98 Å². The van der Waals surface area contributed by atoms with E-state index in [9.17, 15) is 13.6 Å². The van der Waals surface area contributed by atoms with Gasteiger partial charge in [-0.3, -0.25) is 0 Å². The number of hydrogen-bond acceptors (Lipinski definition) is 6. The van der Waals surface area contributed by atoms with Crippen LogP contribution in [-0.2, 0) is 17.8 Å². The molecule has 1 aliphatic rings. The average molecular weight is 587 g/mol. The Morgan fingerprint density at radius 1 is 1.12 bits per heavy atom. The van der Waals surface area contributed by atoms with Crippen LogP contribution in [0.3, 0.4) is 0 Å². The van der Waals surface area contributed by atoms with Gasteiger partial charge in [0.05, 0.1) is 16.8 Å². The Morgan fingerprint density at radius 3 is 2.66 bits per heavy atom. The third-order valence-electron chi connectivity index (χ3n) is 6.72. The van der Waals surface area contributed by atoms with E-state index in [1.54, 1.807) is 15.5 Å². The number of halogens is 4. The molecule has 5 rings (SSSR count). The molecule has 12 heteroatoms. The molecule has 0 aliphatic carbocycles. The van der Waals surface area contributed by atoms with E-state index >= 15 is 4.39 Å². The fraction of sp³-hybridized carbons (Fsp3) is 0.379. The predicted octanol–water partition coefficient (Wildman–Crippen LogP) is 6.82. The number of carbonyl (C=O) groups excluding carboxylic acids is 1. The lowest BCUT2D eigenvalue weighted by molar-refractivity contribution is 0.0158. The van der Waals surface area contributed by atoms with Gasteiger partial charge in [-0.1, -0.05) is 23.7 Å². The topological polar surface area (TPSA) is 85.2 Å². The molecule has 0 bridgehead atoms. The van der Waals surface area contributed by atoms with E-state index in [-0.39, 0.29) is 35.1 Å². The van der Waals surface area contributed by atoms with Gasteiger partial charge in [0.25, 0.3) is 0 Å². The largest absolute Gasteiger partial charge is 0.444 e. The second-order valence-electron chi connectivity index (χ2n) is 11.1. The molecule has 216 valence electrons. The van der Waals surface area contributed by atoms with E-state index in [1.807, 2.05) is 20.8 Å². The molecular weight excluding hydrogens is 557 g/mol. The Balaban J connectivity index is 1.48. The van der Waals surface area contributed by atoms with Crippen molar-refractivity contribution in [2.75, 3.05) is 18.4 Å². The maximum absolute atomic E-state index is 15.1. The minimum Gasteiger partial charge on any atom is -0.444 e. The number of piperidine rings is 1. The summed E-state index contributed by atoms with van der Waals surface area (Å²) < 4.78 is 49.4. The van der Waals surface area contributed by atoms with Crippen LogP contribution in [0.2, 0.25) is 5.02 Å². The summed E-state index contributed by atoms with van der Waals surface area (Å²) in [5.74, 6) is -1.87. The number of carbonyl (C=O) groups is 1. The van der Waals surface area contributed by atoms with Crippen molar-refractivity contribution in [2.24, 2.45) is 5.92 Å². The highest BCUT2D eigenvalue weighted by Gasteiger charge is 2.30. The molecule has 1 fully saturated rings. The van der Waals surface area contributed by atoms with Gasteiger partial charge in [0.15, 0.2) is 17.3 Å². The molecule has 41 heavy (non-hydrogen) atoms. The van der Waals surface area contributed by atoms with Gasteiger partial charge in [-0.25, -0.2) is 27.9 Å². The number of anilines is 1. The van der Waals surface area contributed by atoms with Crippen molar-refractivity contribution < 1.29 is 22.7 Å². The van der Waals surface area contributed by atoms with Crippen molar-refractivity contribution in [1.29, 1.82) is 0 Å². The second kappa shape index (κ2) is 11.6. The van der Waals surface area contributed by atoms with Gasteiger partial charge in [0, 0.05) is 26.2 Å². The van der Waals surface area contributed by atoms with E-state index in [1.165, 1.54) is 24.4 Å². The Morgan fingerprint density at radius 2 is 1.93 bits per heavy atom. The molecule has 1 amide bonds. The minimum atomic E-state index is -0.946. The molecule has 1 saturated heterocycles. The van der Waals surface area contributed by atoms with Gasteiger partial charge in [0.1, 0.15) is 22.8 Å². The summed E-state index contributed by atoms with van der Waals surface area (Å²) in [6.45, 7) is 7.05. The summed E-state index contributed by atoms with van der Waals surface area (Å²) in [5, 5.41) is 3.22. The first kappa shape index (κ1) is 28.7. The van der Waals surface area contributed by atoms with Crippen LogP contribution in [-0.4, -0.2) is 49.2 Å². The molecule has 0 unspecified atom stereocenters. The Hall–Kier alpha value is -3.86. The molecular formula is C29H30ClF3N6O2. The van der Waals surface area contributed by atoms with Crippen LogP contribution < -0.4 is 5.32 Å². The van der Waals surface area contributed by atoms with Gasteiger partial charge in [0.2, 0.25) is 5.95 Å². The fourth-order valence-corrected chi connectivity index (χ4v) is 5.12. The van der Waals surface area contributed by atoms with Crippen LogP contribution in [0.15, 0.2) is 42.6 Å². The van der Waals surface area contributed by atoms with Crippen LogP contribution >= 0.6 is 11.6 Å². The first-order valence-electron chi connectivity index (χ1n) is 13.3. The zero-order chi connectivity index (χ0) is 29.3. The molecule has 1 N–H and O–H groups in total. The quantitative estimate of drug-likeness (QED) is 0.267. The van der Waals surface area contributed by atoms with Crippen LogP contribution in [0.1, 0.15) is 39.2 Å². The number of fused-ring (bicyclic) bond motifs is 1. The summed E-state index contributed by atoms with van der Waals surface area (Å²) in [7, 11) is 0. The number of ether oxygens (including phenoxy) is 1. The number of amides is 1. The van der Waals surface area contributed by atoms with Gasteiger partial charge in [-0.05, 0) is 69.4 Å². The number of aromatic nitrogens is 4. The van der Waals surface area contributed by atoms with Crippen LogP contribution in [0.4, 0.5) is 23.9 Å². The third kappa shape index (κ3) is 6.56. The molecule has 4 aromatic rings. The minimum absolute atomic E-state index is 0.00605. The smallest absolute Gasteiger partial charge is 0.410 e. The molecule has 2 aromatic carbocycles. The number of rotatable bonds is 6. The highest BCUT2D eigenvalue weighted by atomic mass is 35.5. The number of likely N-dealkylation sites (tertiary alicyclic amines) is 1. The Labute approximate surface area is 240 Å². The Bertz CT molecular complexity index is 1570. The van der Waals surface area contributed by atoms with Crippen molar-refractivity contribution >= 4 is 34.8 Å². The van der Waals surface area contributed by atoms with Crippen molar-refractivity contribution in [3.8, 4) is 11.4 Å². The van der Waals surface area contributed by atoms with E-state index in [4.69, 9.17) is 16.3 Å². The van der Waals surface area contributed by atoms with E-state index < -0.39 is 23.1 Å². The van der Waals surface area contributed by atoms with Crippen LogP contribution in [0.5, 0.6) is 0 Å². The third-order valence-corrected chi connectivity index (χ3v) is 7.04. The summed E-state index contributed by atoms with van der Waals surface area (Å²) >= 11 is 6.44. The molecule has 0 spiro atoms. The van der Waals surface area contributed by atoms with Crippen LogP contribution in [0.25, 0.3) is 22.6 Å². The number of hydrogen-bond donors (Lipinski definition) is 1. The zero-order valence-corrected chi connectivity index (χ0v) is 23.7. The molecule has 1 atom stereocenters. The summed E-state index contributed by atoms with van der Waals surface area (Å²) in [4.78, 5) is 28.1. The second-order valence-corrected chi connectivity index (χ2v) is 11.5. The van der Waals surface area contributed by atoms with Crippen molar-refractivity contribution in [2.45, 2.75) is 52.3 Å². The SMILES string of the molecule is CC(C)(C)OC(=O)N1CCC[C@@H](Cn2c(-c3c(F)cccc3Cl)nc3cnc(NCc4ccc(F)c(F)c4)nc32)C1. The molecule has 0 radical (unpaired) electrons. The highest BCUT2D eigenvalue weighted by molar-refractivity contribution is 6.33. The lowest BCUT2D eigenvalue weighted by Crippen LogP contribution is -2.43. The summed E-state index contributed by atoms with van der Waals surface area (Å²) in [6.07, 6.45) is 2.75. The molecule has 1 aliphatic heterocycles. The predicted molar refractivity (Wildman–Crippen MR) is 150 cm³/mol. The maximum atomic E-state index is 15.1.